The van der Waals surface area contributed by atoms with Gasteiger partial charge in [0.15, 0.2) is 0 Å². The van der Waals surface area contributed by atoms with Crippen LogP contribution in [0, 0.1) is 34.5 Å². The summed E-state index contributed by atoms with van der Waals surface area (Å²) in [4.78, 5) is 23.7. The minimum absolute atomic E-state index is 0.0515. The van der Waals surface area contributed by atoms with Gasteiger partial charge in [-0.05, 0) is 80.5 Å². The molecule has 30 heavy (non-hydrogen) atoms. The van der Waals surface area contributed by atoms with Crippen molar-refractivity contribution in [2.24, 2.45) is 34.5 Å². The van der Waals surface area contributed by atoms with Gasteiger partial charge in [-0.25, -0.2) is 4.79 Å². The Morgan fingerprint density at radius 3 is 2.50 bits per heavy atom. The highest BCUT2D eigenvalue weighted by molar-refractivity contribution is 5.90. The van der Waals surface area contributed by atoms with Gasteiger partial charge in [0.2, 0.25) is 0 Å². The predicted octanol–water partition coefficient (Wildman–Crippen LogP) is 4.17. The molecule has 1 heterocycles. The second kappa shape index (κ2) is 6.57. The van der Waals surface area contributed by atoms with Crippen LogP contribution in [0.25, 0.3) is 0 Å². The van der Waals surface area contributed by atoms with Gasteiger partial charge in [0.25, 0.3) is 0 Å². The summed E-state index contributed by atoms with van der Waals surface area (Å²) in [7, 11) is 0. The Labute approximate surface area is 179 Å². The maximum Gasteiger partial charge on any atom is 0.334 e. The van der Waals surface area contributed by atoms with Crippen molar-refractivity contribution >= 4 is 11.9 Å². The van der Waals surface area contributed by atoms with Crippen molar-refractivity contribution in [1.29, 1.82) is 0 Å². The molecule has 1 aliphatic heterocycles. The summed E-state index contributed by atoms with van der Waals surface area (Å²) in [5.74, 6) is 1.78. The second-order valence-electron chi connectivity index (χ2n) is 11.5. The Bertz CT molecular complexity index is 772. The Kier molecular flexibility index (Phi) is 4.50. The summed E-state index contributed by atoms with van der Waals surface area (Å²) >= 11 is 0. The second-order valence-corrected chi connectivity index (χ2v) is 11.5. The molecular formula is C25H36O5. The molecule has 1 saturated heterocycles. The Balaban J connectivity index is 1.39. The van der Waals surface area contributed by atoms with Crippen LogP contribution >= 0.6 is 0 Å². The lowest BCUT2D eigenvalue weighted by atomic mass is 9.43. The molecule has 0 aromatic rings. The van der Waals surface area contributed by atoms with Gasteiger partial charge in [0.1, 0.15) is 11.7 Å². The van der Waals surface area contributed by atoms with Gasteiger partial charge in [-0.1, -0.05) is 20.4 Å². The van der Waals surface area contributed by atoms with Crippen LogP contribution < -0.4 is 0 Å². The Hall–Kier alpha value is -1.36. The number of fused-ring (bicyclic) bond motifs is 5. The lowest BCUT2D eigenvalue weighted by molar-refractivity contribution is -0.205. The number of aliphatic hydroxyl groups excluding tert-OH is 1. The molecule has 0 aromatic heterocycles. The molecule has 9 atom stereocenters. The van der Waals surface area contributed by atoms with Gasteiger partial charge in [-0.2, -0.15) is 0 Å². The SMILES string of the molecule is C=C1C[C@@]2(C[C@@H]3CC[C@@H]4[C@H](CC[C@]5(C)[C@@H](OC(C)=O)CC[C@@H]45)[C@@]3(C)C[C@H]2O)OC1=O. The first-order chi connectivity index (χ1) is 14.1. The van der Waals surface area contributed by atoms with E-state index in [4.69, 9.17) is 9.47 Å². The van der Waals surface area contributed by atoms with E-state index < -0.39 is 11.7 Å². The molecule has 4 aliphatic carbocycles. The summed E-state index contributed by atoms with van der Waals surface area (Å²) in [5, 5.41) is 11.2. The molecule has 5 aliphatic rings. The van der Waals surface area contributed by atoms with Crippen molar-refractivity contribution in [1.82, 2.24) is 0 Å². The summed E-state index contributed by atoms with van der Waals surface area (Å²) in [6.45, 7) is 10.1. The minimum atomic E-state index is -0.748. The van der Waals surface area contributed by atoms with E-state index in [2.05, 4.69) is 20.4 Å². The number of aliphatic hydroxyl groups is 1. The number of esters is 2. The summed E-state index contributed by atoms with van der Waals surface area (Å²) in [6.07, 6.45) is 8.03. The van der Waals surface area contributed by atoms with Crippen molar-refractivity contribution in [3.8, 4) is 0 Å². The fourth-order valence-electron chi connectivity index (χ4n) is 8.72. The molecule has 5 rings (SSSR count). The van der Waals surface area contributed by atoms with Crippen LogP contribution in [0.3, 0.4) is 0 Å². The van der Waals surface area contributed by atoms with Crippen LogP contribution in [-0.2, 0) is 19.1 Å². The molecule has 1 N–H and O–H groups in total. The largest absolute Gasteiger partial charge is 0.462 e. The first-order valence-electron chi connectivity index (χ1n) is 11.9. The quantitative estimate of drug-likeness (QED) is 0.513. The normalized spacial score (nSPS) is 52.4. The molecule has 0 aromatic carbocycles. The predicted molar refractivity (Wildman–Crippen MR) is 111 cm³/mol. The monoisotopic (exact) mass is 416 g/mol. The van der Waals surface area contributed by atoms with Gasteiger partial charge >= 0.3 is 11.9 Å². The zero-order valence-electron chi connectivity index (χ0n) is 18.6. The van der Waals surface area contributed by atoms with E-state index in [9.17, 15) is 14.7 Å². The zero-order valence-corrected chi connectivity index (χ0v) is 18.6. The van der Waals surface area contributed by atoms with Crippen LogP contribution in [0.4, 0.5) is 0 Å². The van der Waals surface area contributed by atoms with Crippen LogP contribution in [0.15, 0.2) is 12.2 Å². The van der Waals surface area contributed by atoms with E-state index >= 15 is 0 Å². The number of carbonyl (C=O) groups excluding carboxylic acids is 2. The molecule has 0 unspecified atom stereocenters. The third-order valence-electron chi connectivity index (χ3n) is 10.2. The topological polar surface area (TPSA) is 72.8 Å². The molecule has 5 nitrogen and oxygen atoms in total. The minimum Gasteiger partial charge on any atom is -0.462 e. The molecule has 166 valence electrons. The fourth-order valence-corrected chi connectivity index (χ4v) is 8.72. The van der Waals surface area contributed by atoms with E-state index in [1.54, 1.807) is 0 Å². The number of rotatable bonds is 1. The molecular weight excluding hydrogens is 380 g/mol. The van der Waals surface area contributed by atoms with Gasteiger partial charge in [-0.3, -0.25) is 4.79 Å². The molecule has 5 fully saturated rings. The first-order valence-corrected chi connectivity index (χ1v) is 11.9. The van der Waals surface area contributed by atoms with Gasteiger partial charge in [-0.15, -0.1) is 0 Å². The molecule has 0 amide bonds. The van der Waals surface area contributed by atoms with Crippen molar-refractivity contribution in [2.45, 2.75) is 96.4 Å². The molecule has 5 heteroatoms. The zero-order chi connectivity index (χ0) is 21.5. The van der Waals surface area contributed by atoms with Crippen molar-refractivity contribution in [3.05, 3.63) is 12.2 Å². The van der Waals surface area contributed by atoms with E-state index in [0.29, 0.717) is 42.1 Å². The molecule has 0 radical (unpaired) electrons. The van der Waals surface area contributed by atoms with Crippen LogP contribution in [0.2, 0.25) is 0 Å². The van der Waals surface area contributed by atoms with E-state index in [1.807, 2.05) is 0 Å². The lowest BCUT2D eigenvalue weighted by Crippen LogP contribution is -2.60. The van der Waals surface area contributed by atoms with Gasteiger partial charge < -0.3 is 14.6 Å². The third kappa shape index (κ3) is 2.69. The summed E-state index contributed by atoms with van der Waals surface area (Å²) in [5.41, 5.74) is -0.0851. The number of hydrogen-bond acceptors (Lipinski definition) is 5. The van der Waals surface area contributed by atoms with Crippen LogP contribution in [0.1, 0.15) is 78.6 Å². The maximum absolute atomic E-state index is 12.1. The van der Waals surface area contributed by atoms with Crippen LogP contribution in [0.5, 0.6) is 0 Å². The average Bonchev–Trinajstić information content (AvgIpc) is 3.13. The summed E-state index contributed by atoms with van der Waals surface area (Å²) in [6, 6.07) is 0. The average molecular weight is 417 g/mol. The number of hydrogen-bond donors (Lipinski definition) is 1. The highest BCUT2D eigenvalue weighted by atomic mass is 16.6. The maximum atomic E-state index is 12.1. The fraction of sp³-hybridized carbons (Fsp3) is 0.840. The van der Waals surface area contributed by atoms with Gasteiger partial charge in [0.05, 0.1) is 6.10 Å². The standard InChI is InChI=1S/C25H36O5/c1-14-11-25(30-22(14)28)12-16-5-6-17-18-7-8-21(29-15(2)26)23(18,3)10-9-19(17)24(16,4)13-20(25)27/h16-21,27H,1,5-13H2,2-4H3/t16-,17-,18-,19-,20+,21-,23-,24-,25-/m0/s1. The third-order valence-corrected chi connectivity index (χ3v) is 10.2. The lowest BCUT2D eigenvalue weighted by Gasteiger charge is -2.62. The highest BCUT2D eigenvalue weighted by Gasteiger charge is 2.65. The molecule has 0 bridgehead atoms. The molecule has 1 spiro atoms. The van der Waals surface area contributed by atoms with Crippen molar-refractivity contribution < 1.29 is 24.2 Å². The number of carbonyl (C=O) groups is 2. The Morgan fingerprint density at radius 2 is 1.83 bits per heavy atom. The first kappa shape index (κ1) is 20.5. The van der Waals surface area contributed by atoms with Crippen molar-refractivity contribution in [3.63, 3.8) is 0 Å². The highest BCUT2D eigenvalue weighted by Crippen LogP contribution is 2.68. The van der Waals surface area contributed by atoms with Gasteiger partial charge in [0, 0.05) is 24.3 Å². The van der Waals surface area contributed by atoms with Crippen LogP contribution in [-0.4, -0.2) is 34.9 Å². The molecule has 4 saturated carbocycles. The number of ether oxygens (including phenoxy) is 2. The van der Waals surface area contributed by atoms with E-state index in [1.165, 1.54) is 13.3 Å². The van der Waals surface area contributed by atoms with E-state index in [0.717, 1.165) is 38.5 Å². The Morgan fingerprint density at radius 1 is 1.10 bits per heavy atom. The smallest absolute Gasteiger partial charge is 0.334 e. The van der Waals surface area contributed by atoms with Crippen molar-refractivity contribution in [2.75, 3.05) is 0 Å². The summed E-state index contributed by atoms with van der Waals surface area (Å²) < 4.78 is 11.5. The van der Waals surface area contributed by atoms with E-state index in [-0.39, 0.29) is 28.9 Å².